The first-order valence-corrected chi connectivity index (χ1v) is 9.50. The summed E-state index contributed by atoms with van der Waals surface area (Å²) in [6, 6.07) is 11.3. The van der Waals surface area contributed by atoms with E-state index in [1.807, 2.05) is 12.1 Å². The molecule has 2 aromatic rings. The number of alkyl halides is 2. The summed E-state index contributed by atoms with van der Waals surface area (Å²) in [7, 11) is 3.74. The number of aryl methyl sites for hydroxylation is 1. The van der Waals surface area contributed by atoms with Crippen molar-refractivity contribution in [2.45, 2.75) is 19.5 Å². The third kappa shape index (κ3) is 3.07. The molecule has 0 N–H and O–H groups in total. The molecule has 2 aliphatic heterocycles. The molecular formula is C21H25F2N3O2. The zero-order valence-corrected chi connectivity index (χ0v) is 16.3. The summed E-state index contributed by atoms with van der Waals surface area (Å²) in [4.78, 5) is 17.0. The first-order valence-electron chi connectivity index (χ1n) is 9.50. The molecule has 1 aromatic heterocycles. The van der Waals surface area contributed by atoms with Crippen LogP contribution < -0.4 is 4.74 Å². The Kier molecular flexibility index (Phi) is 4.87. The second kappa shape index (κ2) is 7.20. The maximum absolute atomic E-state index is 13.4. The number of amides is 1. The highest BCUT2D eigenvalue weighted by Gasteiger charge is 2.47. The van der Waals surface area contributed by atoms with Crippen molar-refractivity contribution in [3.8, 4) is 5.75 Å². The molecule has 150 valence electrons. The predicted octanol–water partition coefficient (Wildman–Crippen LogP) is 3.58. The van der Waals surface area contributed by atoms with Gasteiger partial charge in [0, 0.05) is 37.3 Å². The average molecular weight is 389 g/mol. The molecular weight excluding hydrogens is 364 g/mol. The van der Waals surface area contributed by atoms with Gasteiger partial charge in [-0.15, -0.1) is 0 Å². The molecule has 0 spiro atoms. The first-order chi connectivity index (χ1) is 13.4. The molecule has 3 atom stereocenters. The molecule has 0 aliphatic carbocycles. The van der Waals surface area contributed by atoms with Crippen molar-refractivity contribution in [3.63, 3.8) is 0 Å². The molecule has 2 saturated heterocycles. The van der Waals surface area contributed by atoms with Gasteiger partial charge in [0.1, 0.15) is 11.4 Å². The number of ether oxygens (including phenoxy) is 1. The van der Waals surface area contributed by atoms with Gasteiger partial charge in [-0.25, -0.2) is 0 Å². The first kappa shape index (κ1) is 18.9. The average Bonchev–Trinajstić information content (AvgIpc) is 3.33. The zero-order valence-electron chi connectivity index (χ0n) is 16.3. The van der Waals surface area contributed by atoms with Crippen molar-refractivity contribution < 1.29 is 18.3 Å². The highest BCUT2D eigenvalue weighted by atomic mass is 19.3. The van der Waals surface area contributed by atoms with Crippen LogP contribution >= 0.6 is 0 Å². The fourth-order valence-electron chi connectivity index (χ4n) is 4.87. The Morgan fingerprint density at radius 3 is 2.46 bits per heavy atom. The van der Waals surface area contributed by atoms with Crippen LogP contribution in [-0.2, 0) is 0 Å². The van der Waals surface area contributed by atoms with Gasteiger partial charge in [-0.1, -0.05) is 12.1 Å². The zero-order chi connectivity index (χ0) is 20.0. The summed E-state index contributed by atoms with van der Waals surface area (Å²) < 4.78 is 32.8. The van der Waals surface area contributed by atoms with Crippen LogP contribution in [0.2, 0.25) is 0 Å². The largest absolute Gasteiger partial charge is 0.497 e. The minimum atomic E-state index is -2.71. The molecule has 0 radical (unpaired) electrons. The Balaban J connectivity index is 1.55. The highest BCUT2D eigenvalue weighted by molar-refractivity contribution is 5.93. The Morgan fingerprint density at radius 2 is 1.82 bits per heavy atom. The van der Waals surface area contributed by atoms with Gasteiger partial charge >= 0.3 is 6.55 Å². The lowest BCUT2D eigenvalue weighted by Gasteiger charge is -2.27. The molecule has 1 aromatic carbocycles. The van der Waals surface area contributed by atoms with E-state index in [1.54, 1.807) is 25.0 Å². The number of methoxy groups -OCH3 is 1. The minimum Gasteiger partial charge on any atom is -0.497 e. The monoisotopic (exact) mass is 389 g/mol. The van der Waals surface area contributed by atoms with Crippen molar-refractivity contribution in [2.24, 2.45) is 11.8 Å². The third-order valence-electron chi connectivity index (χ3n) is 6.18. The van der Waals surface area contributed by atoms with E-state index in [2.05, 4.69) is 24.1 Å². The molecule has 1 amide bonds. The van der Waals surface area contributed by atoms with E-state index in [4.69, 9.17) is 4.74 Å². The number of carbonyl (C=O) groups is 1. The fourth-order valence-corrected chi connectivity index (χ4v) is 4.87. The van der Waals surface area contributed by atoms with Crippen LogP contribution in [0.3, 0.4) is 0 Å². The standard InChI is InChI=1S/C21H25F2N3O2/c1-13-4-9-18(26(13)21(22)23)20(27)25-11-15-10-24(2)19(17(15)12-25)14-5-7-16(28-3)8-6-14/h4-9,15,17,19,21H,10-12H2,1-3H3/t15-,17+,19-/m0/s1. The molecule has 0 bridgehead atoms. The predicted molar refractivity (Wildman–Crippen MR) is 102 cm³/mol. The van der Waals surface area contributed by atoms with Gasteiger partial charge in [0.15, 0.2) is 0 Å². The van der Waals surface area contributed by atoms with Crippen LogP contribution in [0.15, 0.2) is 36.4 Å². The lowest BCUT2D eigenvalue weighted by atomic mass is 9.89. The van der Waals surface area contributed by atoms with E-state index < -0.39 is 6.55 Å². The number of likely N-dealkylation sites (tertiary alicyclic amines) is 2. The second-order valence-electron chi connectivity index (χ2n) is 7.80. The van der Waals surface area contributed by atoms with Crippen LogP contribution in [0.4, 0.5) is 8.78 Å². The number of aromatic nitrogens is 1. The van der Waals surface area contributed by atoms with Crippen molar-refractivity contribution in [1.82, 2.24) is 14.4 Å². The normalized spacial score (nSPS) is 24.8. The van der Waals surface area contributed by atoms with Crippen LogP contribution in [0, 0.1) is 18.8 Å². The van der Waals surface area contributed by atoms with Gasteiger partial charge in [-0.05, 0) is 49.7 Å². The molecule has 5 nitrogen and oxygen atoms in total. The Morgan fingerprint density at radius 1 is 1.11 bits per heavy atom. The summed E-state index contributed by atoms with van der Waals surface area (Å²) in [5, 5.41) is 0. The summed E-state index contributed by atoms with van der Waals surface area (Å²) in [6.07, 6.45) is 0. The highest BCUT2D eigenvalue weighted by Crippen LogP contribution is 2.44. The van der Waals surface area contributed by atoms with Gasteiger partial charge in [0.2, 0.25) is 0 Å². The number of hydrogen-bond donors (Lipinski definition) is 0. The van der Waals surface area contributed by atoms with E-state index in [-0.39, 0.29) is 17.6 Å². The van der Waals surface area contributed by atoms with E-state index in [0.29, 0.717) is 30.6 Å². The van der Waals surface area contributed by atoms with Crippen LogP contribution in [0.5, 0.6) is 5.75 Å². The molecule has 0 saturated carbocycles. The fraction of sp³-hybridized carbons (Fsp3) is 0.476. The third-order valence-corrected chi connectivity index (χ3v) is 6.18. The van der Waals surface area contributed by atoms with Gasteiger partial charge in [-0.2, -0.15) is 8.78 Å². The number of fused-ring (bicyclic) bond motifs is 1. The van der Waals surface area contributed by atoms with E-state index in [9.17, 15) is 13.6 Å². The number of carbonyl (C=O) groups excluding carboxylic acids is 1. The van der Waals surface area contributed by atoms with Crippen molar-refractivity contribution in [1.29, 1.82) is 0 Å². The molecule has 0 unspecified atom stereocenters. The molecule has 7 heteroatoms. The Hall–Kier alpha value is -2.41. The maximum Gasteiger partial charge on any atom is 0.319 e. The van der Waals surface area contributed by atoms with Crippen molar-refractivity contribution in [2.75, 3.05) is 33.8 Å². The topological polar surface area (TPSA) is 37.7 Å². The summed E-state index contributed by atoms with van der Waals surface area (Å²) in [5.41, 5.74) is 1.66. The number of benzene rings is 1. The van der Waals surface area contributed by atoms with Crippen molar-refractivity contribution in [3.05, 3.63) is 53.3 Å². The van der Waals surface area contributed by atoms with Crippen LogP contribution in [0.25, 0.3) is 0 Å². The summed E-state index contributed by atoms with van der Waals surface area (Å²) in [6.45, 7) is 0.955. The van der Waals surface area contributed by atoms with Gasteiger partial charge < -0.3 is 9.64 Å². The van der Waals surface area contributed by atoms with Gasteiger partial charge in [0.25, 0.3) is 5.91 Å². The van der Waals surface area contributed by atoms with Crippen LogP contribution in [-0.4, -0.2) is 54.1 Å². The number of nitrogens with zero attached hydrogens (tertiary/aromatic N) is 3. The summed E-state index contributed by atoms with van der Waals surface area (Å²) in [5.74, 6) is 1.14. The van der Waals surface area contributed by atoms with Gasteiger partial charge in [-0.3, -0.25) is 14.3 Å². The molecule has 2 fully saturated rings. The van der Waals surface area contributed by atoms with Crippen LogP contribution in [0.1, 0.15) is 34.3 Å². The number of hydrogen-bond acceptors (Lipinski definition) is 3. The SMILES string of the molecule is COc1ccc([C@H]2[C@@H]3CN(C(=O)c4ccc(C)n4C(F)F)C[C@@H]3CN2C)cc1. The lowest BCUT2D eigenvalue weighted by molar-refractivity contribution is 0.0557. The van der Waals surface area contributed by atoms with Gasteiger partial charge in [0.05, 0.1) is 7.11 Å². The minimum absolute atomic E-state index is 0.0711. The lowest BCUT2D eigenvalue weighted by Crippen LogP contribution is -2.34. The molecule has 2 aliphatic rings. The quantitative estimate of drug-likeness (QED) is 0.802. The molecule has 3 heterocycles. The van der Waals surface area contributed by atoms with Crippen molar-refractivity contribution >= 4 is 5.91 Å². The summed E-state index contributed by atoms with van der Waals surface area (Å²) >= 11 is 0. The van der Waals surface area contributed by atoms with E-state index >= 15 is 0 Å². The molecule has 4 rings (SSSR count). The van der Waals surface area contributed by atoms with E-state index in [1.165, 1.54) is 11.6 Å². The molecule has 28 heavy (non-hydrogen) atoms. The second-order valence-corrected chi connectivity index (χ2v) is 7.80. The maximum atomic E-state index is 13.4. The smallest absolute Gasteiger partial charge is 0.319 e. The Labute approximate surface area is 163 Å². The van der Waals surface area contributed by atoms with E-state index in [0.717, 1.165) is 16.9 Å². The number of halogens is 2. The Bertz CT molecular complexity index is 865. The number of rotatable bonds is 4.